The van der Waals surface area contributed by atoms with Crippen molar-refractivity contribution in [3.05, 3.63) is 35.4 Å². The Balaban J connectivity index is 2.27. The zero-order chi connectivity index (χ0) is 13.2. The molecule has 0 heterocycles. The molecule has 1 rings (SSSR count). The third kappa shape index (κ3) is 6.20. The van der Waals surface area contributed by atoms with Crippen LogP contribution in [0.4, 0.5) is 0 Å². The first-order chi connectivity index (χ1) is 8.76. The molecule has 0 fully saturated rings. The quantitative estimate of drug-likeness (QED) is 0.640. The summed E-state index contributed by atoms with van der Waals surface area (Å²) < 4.78 is 0. The zero-order valence-electron chi connectivity index (χ0n) is 12.3. The van der Waals surface area contributed by atoms with Crippen molar-refractivity contribution in [3.63, 3.8) is 0 Å². The summed E-state index contributed by atoms with van der Waals surface area (Å²) in [5.74, 6) is 0. The zero-order valence-corrected chi connectivity index (χ0v) is 12.3. The van der Waals surface area contributed by atoms with Crippen LogP contribution in [0.3, 0.4) is 0 Å². The van der Waals surface area contributed by atoms with Gasteiger partial charge in [0.05, 0.1) is 0 Å². The first kappa shape index (κ1) is 15.2. The lowest BCUT2D eigenvalue weighted by Gasteiger charge is -2.10. The van der Waals surface area contributed by atoms with E-state index in [0.717, 1.165) is 6.42 Å². The molecule has 0 radical (unpaired) electrons. The van der Waals surface area contributed by atoms with Crippen LogP contribution in [0.1, 0.15) is 57.1 Å². The highest BCUT2D eigenvalue weighted by atomic mass is 14.8. The number of rotatable bonds is 9. The highest BCUT2D eigenvalue weighted by Gasteiger charge is 2.00. The molecular formula is C17H29N. The second-order valence-electron chi connectivity index (χ2n) is 5.37. The molecule has 18 heavy (non-hydrogen) atoms. The molecule has 0 saturated heterocycles. The van der Waals surface area contributed by atoms with Gasteiger partial charge in [-0.15, -0.1) is 0 Å². The second-order valence-corrected chi connectivity index (χ2v) is 5.37. The number of hydrogen-bond donors (Lipinski definition) is 1. The highest BCUT2D eigenvalue weighted by molar-refractivity contribution is 5.23. The van der Waals surface area contributed by atoms with Gasteiger partial charge in [0.15, 0.2) is 0 Å². The largest absolute Gasteiger partial charge is 0.317 e. The lowest BCUT2D eigenvalue weighted by atomic mass is 10.0. The van der Waals surface area contributed by atoms with Crippen LogP contribution in [0.5, 0.6) is 0 Å². The van der Waals surface area contributed by atoms with Gasteiger partial charge in [-0.2, -0.15) is 0 Å². The van der Waals surface area contributed by atoms with Crippen LogP contribution < -0.4 is 5.32 Å². The van der Waals surface area contributed by atoms with Gasteiger partial charge in [0.1, 0.15) is 0 Å². The molecule has 0 amide bonds. The van der Waals surface area contributed by atoms with Crippen LogP contribution in [0, 0.1) is 0 Å². The maximum atomic E-state index is 3.28. The Morgan fingerprint density at radius 2 is 1.56 bits per heavy atom. The Morgan fingerprint density at radius 1 is 0.944 bits per heavy atom. The van der Waals surface area contributed by atoms with Crippen molar-refractivity contribution in [1.29, 1.82) is 0 Å². The van der Waals surface area contributed by atoms with Crippen molar-refractivity contribution < 1.29 is 0 Å². The molecule has 1 aromatic rings. The molecule has 1 unspecified atom stereocenters. The number of benzene rings is 1. The Bertz CT molecular complexity index is 302. The number of aryl methyl sites for hydroxylation is 1. The smallest absolute Gasteiger partial charge is 0.00761 e. The standard InChI is InChI=1S/C17H29N/c1-4-5-6-7-8-9-16-10-12-17(13-11-16)14-15(2)18-3/h10-13,15,18H,4-9,14H2,1-3H3. The summed E-state index contributed by atoms with van der Waals surface area (Å²) in [6.07, 6.45) is 9.20. The fraction of sp³-hybridized carbons (Fsp3) is 0.647. The van der Waals surface area contributed by atoms with Gasteiger partial charge >= 0.3 is 0 Å². The van der Waals surface area contributed by atoms with Gasteiger partial charge in [-0.25, -0.2) is 0 Å². The van der Waals surface area contributed by atoms with E-state index >= 15 is 0 Å². The minimum Gasteiger partial charge on any atom is -0.317 e. The summed E-state index contributed by atoms with van der Waals surface area (Å²) in [7, 11) is 2.02. The molecule has 0 aliphatic carbocycles. The van der Waals surface area contributed by atoms with Crippen molar-refractivity contribution in [1.82, 2.24) is 5.32 Å². The molecule has 102 valence electrons. The lowest BCUT2D eigenvalue weighted by molar-refractivity contribution is 0.608. The Kier molecular flexibility index (Phi) is 7.75. The second kappa shape index (κ2) is 9.16. The predicted molar refractivity (Wildman–Crippen MR) is 81.1 cm³/mol. The number of likely N-dealkylation sites (N-methyl/N-ethyl adjacent to an activating group) is 1. The summed E-state index contributed by atoms with van der Waals surface area (Å²) in [5, 5.41) is 3.28. The van der Waals surface area contributed by atoms with Gasteiger partial charge in [0.25, 0.3) is 0 Å². The van der Waals surface area contributed by atoms with Crippen LogP contribution in [-0.2, 0) is 12.8 Å². The molecule has 1 heteroatoms. The summed E-state index contributed by atoms with van der Waals surface area (Å²) in [6.45, 7) is 4.49. The average molecular weight is 247 g/mol. The van der Waals surface area contributed by atoms with E-state index in [9.17, 15) is 0 Å². The van der Waals surface area contributed by atoms with Crippen LogP contribution in [0.15, 0.2) is 24.3 Å². The Morgan fingerprint density at radius 3 is 2.17 bits per heavy atom. The SMILES string of the molecule is CCCCCCCc1ccc(CC(C)NC)cc1. The molecule has 1 N–H and O–H groups in total. The van der Waals surface area contributed by atoms with Gasteiger partial charge in [-0.05, 0) is 44.4 Å². The third-order valence-electron chi connectivity index (χ3n) is 3.63. The molecule has 1 nitrogen and oxygen atoms in total. The van der Waals surface area contributed by atoms with E-state index < -0.39 is 0 Å². The number of hydrogen-bond acceptors (Lipinski definition) is 1. The molecule has 0 spiro atoms. The summed E-state index contributed by atoms with van der Waals surface area (Å²) in [6, 6.07) is 9.74. The maximum absolute atomic E-state index is 3.28. The fourth-order valence-corrected chi connectivity index (χ4v) is 2.23. The first-order valence-electron chi connectivity index (χ1n) is 7.51. The fourth-order valence-electron chi connectivity index (χ4n) is 2.23. The van der Waals surface area contributed by atoms with Crippen molar-refractivity contribution in [2.75, 3.05) is 7.05 Å². The number of unbranched alkanes of at least 4 members (excludes halogenated alkanes) is 4. The number of nitrogens with one attached hydrogen (secondary N) is 1. The third-order valence-corrected chi connectivity index (χ3v) is 3.63. The normalized spacial score (nSPS) is 12.6. The Labute approximate surface area is 113 Å². The van der Waals surface area contributed by atoms with Gasteiger partial charge < -0.3 is 5.32 Å². The van der Waals surface area contributed by atoms with Gasteiger partial charge in [-0.1, -0.05) is 56.9 Å². The lowest BCUT2D eigenvalue weighted by Crippen LogP contribution is -2.23. The molecule has 1 aromatic carbocycles. The summed E-state index contributed by atoms with van der Waals surface area (Å²) >= 11 is 0. The monoisotopic (exact) mass is 247 g/mol. The minimum atomic E-state index is 0.560. The van der Waals surface area contributed by atoms with Crippen LogP contribution in [0.25, 0.3) is 0 Å². The molecule has 0 aliphatic rings. The average Bonchev–Trinajstić information content (AvgIpc) is 2.40. The van der Waals surface area contributed by atoms with E-state index in [1.165, 1.54) is 49.7 Å². The van der Waals surface area contributed by atoms with E-state index in [-0.39, 0.29) is 0 Å². The van der Waals surface area contributed by atoms with E-state index in [4.69, 9.17) is 0 Å². The van der Waals surface area contributed by atoms with E-state index in [0.29, 0.717) is 6.04 Å². The van der Waals surface area contributed by atoms with Crippen molar-refractivity contribution in [2.45, 2.75) is 64.8 Å². The van der Waals surface area contributed by atoms with Crippen LogP contribution in [0.2, 0.25) is 0 Å². The first-order valence-corrected chi connectivity index (χ1v) is 7.51. The van der Waals surface area contributed by atoms with Crippen LogP contribution in [-0.4, -0.2) is 13.1 Å². The minimum absolute atomic E-state index is 0.560. The van der Waals surface area contributed by atoms with Crippen molar-refractivity contribution in [2.24, 2.45) is 0 Å². The van der Waals surface area contributed by atoms with Crippen LogP contribution >= 0.6 is 0 Å². The van der Waals surface area contributed by atoms with Crippen molar-refractivity contribution in [3.8, 4) is 0 Å². The van der Waals surface area contributed by atoms with Gasteiger partial charge in [0, 0.05) is 6.04 Å². The molecular weight excluding hydrogens is 218 g/mol. The van der Waals surface area contributed by atoms with E-state index in [2.05, 4.69) is 43.4 Å². The van der Waals surface area contributed by atoms with Crippen molar-refractivity contribution >= 4 is 0 Å². The molecule has 0 saturated carbocycles. The highest BCUT2D eigenvalue weighted by Crippen LogP contribution is 2.11. The van der Waals surface area contributed by atoms with Gasteiger partial charge in [-0.3, -0.25) is 0 Å². The predicted octanol–water partition coefficient (Wildman–Crippen LogP) is 4.35. The van der Waals surface area contributed by atoms with E-state index in [1.807, 2.05) is 7.05 Å². The molecule has 0 bridgehead atoms. The molecule has 0 aliphatic heterocycles. The Hall–Kier alpha value is -0.820. The molecule has 0 aromatic heterocycles. The maximum Gasteiger partial charge on any atom is 0.00761 e. The van der Waals surface area contributed by atoms with E-state index in [1.54, 1.807) is 0 Å². The summed E-state index contributed by atoms with van der Waals surface area (Å²) in [4.78, 5) is 0. The summed E-state index contributed by atoms with van der Waals surface area (Å²) in [5.41, 5.74) is 2.93. The molecule has 1 atom stereocenters. The topological polar surface area (TPSA) is 12.0 Å². The van der Waals surface area contributed by atoms with Gasteiger partial charge in [0.2, 0.25) is 0 Å².